The number of nitrogens with zero attached hydrogens (tertiary/aromatic N) is 2. The average Bonchev–Trinajstić information content (AvgIpc) is 2.47. The standard InChI is InChI=1S/C13H17ClN4O3.ClH/c14-11-3-1-2-10(12(11)18(20)21)13(19)16-6-9-17-7-4-15-5-8-17;/h1-3,15H,4-9H2,(H,16,19);1H. The third-order valence-corrected chi connectivity index (χ3v) is 3.64. The zero-order chi connectivity index (χ0) is 15.2. The molecular weight excluding hydrogens is 331 g/mol. The normalized spacial score (nSPS) is 15.0. The molecule has 7 nitrogen and oxygen atoms in total. The molecule has 0 unspecified atom stereocenters. The van der Waals surface area contributed by atoms with Crippen LogP contribution in [0, 0.1) is 10.1 Å². The van der Waals surface area contributed by atoms with Crippen molar-refractivity contribution >= 4 is 35.6 Å². The van der Waals surface area contributed by atoms with Gasteiger partial charge >= 0.3 is 5.69 Å². The van der Waals surface area contributed by atoms with Crippen LogP contribution in [0.1, 0.15) is 10.4 Å². The number of nitrogens with one attached hydrogen (secondary N) is 2. The molecule has 1 saturated heterocycles. The lowest BCUT2D eigenvalue weighted by Gasteiger charge is -2.27. The van der Waals surface area contributed by atoms with E-state index in [2.05, 4.69) is 15.5 Å². The fraction of sp³-hybridized carbons (Fsp3) is 0.462. The Balaban J connectivity index is 0.00000242. The molecular formula is C13H18Cl2N4O3. The van der Waals surface area contributed by atoms with Crippen LogP contribution in [0.25, 0.3) is 0 Å². The molecule has 0 atom stereocenters. The van der Waals surface area contributed by atoms with Crippen LogP contribution < -0.4 is 10.6 Å². The molecule has 2 N–H and O–H groups in total. The average molecular weight is 349 g/mol. The number of nitro groups is 1. The SMILES string of the molecule is Cl.O=C(NCCN1CCNCC1)c1cccc(Cl)c1[N+](=O)[O-]. The Kier molecular flexibility index (Phi) is 7.53. The van der Waals surface area contributed by atoms with Gasteiger partial charge in [-0.25, -0.2) is 0 Å². The van der Waals surface area contributed by atoms with E-state index in [1.165, 1.54) is 18.2 Å². The van der Waals surface area contributed by atoms with Crippen LogP contribution in [0.3, 0.4) is 0 Å². The lowest BCUT2D eigenvalue weighted by atomic mass is 10.1. The van der Waals surface area contributed by atoms with Gasteiger partial charge in [-0.2, -0.15) is 0 Å². The number of benzene rings is 1. The van der Waals surface area contributed by atoms with Crippen molar-refractivity contribution in [2.45, 2.75) is 0 Å². The van der Waals surface area contributed by atoms with E-state index >= 15 is 0 Å². The highest BCUT2D eigenvalue weighted by Crippen LogP contribution is 2.27. The van der Waals surface area contributed by atoms with Gasteiger partial charge in [0.1, 0.15) is 10.6 Å². The second kappa shape index (κ2) is 8.89. The van der Waals surface area contributed by atoms with Crippen molar-refractivity contribution in [3.8, 4) is 0 Å². The summed E-state index contributed by atoms with van der Waals surface area (Å²) >= 11 is 5.79. The van der Waals surface area contributed by atoms with Crippen molar-refractivity contribution in [3.63, 3.8) is 0 Å². The molecule has 0 aliphatic carbocycles. The monoisotopic (exact) mass is 348 g/mol. The molecule has 1 aliphatic heterocycles. The number of halogens is 2. The predicted octanol–water partition coefficient (Wildman–Crippen LogP) is 1.30. The summed E-state index contributed by atoms with van der Waals surface area (Å²) in [6, 6.07) is 4.34. The predicted molar refractivity (Wildman–Crippen MR) is 87.0 cm³/mol. The van der Waals surface area contributed by atoms with E-state index < -0.39 is 10.8 Å². The van der Waals surface area contributed by atoms with E-state index in [-0.39, 0.29) is 28.7 Å². The first-order valence-corrected chi connectivity index (χ1v) is 7.11. The van der Waals surface area contributed by atoms with Crippen molar-refractivity contribution in [3.05, 3.63) is 38.9 Å². The molecule has 122 valence electrons. The van der Waals surface area contributed by atoms with Gasteiger partial charge in [0.25, 0.3) is 5.91 Å². The molecule has 0 saturated carbocycles. The molecule has 1 heterocycles. The van der Waals surface area contributed by atoms with Crippen molar-refractivity contribution in [2.75, 3.05) is 39.3 Å². The van der Waals surface area contributed by atoms with Gasteiger partial charge < -0.3 is 10.6 Å². The molecule has 0 spiro atoms. The van der Waals surface area contributed by atoms with Crippen LogP contribution >= 0.6 is 24.0 Å². The third-order valence-electron chi connectivity index (χ3n) is 3.34. The molecule has 0 bridgehead atoms. The maximum atomic E-state index is 12.1. The second-order valence-corrected chi connectivity index (χ2v) is 5.15. The van der Waals surface area contributed by atoms with Crippen molar-refractivity contribution < 1.29 is 9.72 Å². The zero-order valence-corrected chi connectivity index (χ0v) is 13.5. The molecule has 1 aliphatic rings. The minimum absolute atomic E-state index is 0. The van der Waals surface area contributed by atoms with Crippen molar-refractivity contribution in [1.29, 1.82) is 0 Å². The number of rotatable bonds is 5. The van der Waals surface area contributed by atoms with Gasteiger partial charge in [-0.05, 0) is 12.1 Å². The van der Waals surface area contributed by atoms with Crippen LogP contribution in [0.4, 0.5) is 5.69 Å². The summed E-state index contributed by atoms with van der Waals surface area (Å²) in [5, 5.41) is 16.9. The fourth-order valence-electron chi connectivity index (χ4n) is 2.24. The summed E-state index contributed by atoms with van der Waals surface area (Å²) in [5.41, 5.74) is -0.355. The largest absolute Gasteiger partial charge is 0.351 e. The van der Waals surface area contributed by atoms with Gasteiger partial charge in [-0.3, -0.25) is 19.8 Å². The molecule has 1 amide bonds. The Bertz CT molecular complexity index is 536. The second-order valence-electron chi connectivity index (χ2n) is 4.74. The van der Waals surface area contributed by atoms with E-state index in [4.69, 9.17) is 11.6 Å². The summed E-state index contributed by atoms with van der Waals surface area (Å²) in [6.45, 7) is 4.92. The number of hydrogen-bond acceptors (Lipinski definition) is 5. The molecule has 1 fully saturated rings. The number of carbonyl (C=O) groups excluding carboxylic acids is 1. The van der Waals surface area contributed by atoms with Crippen LogP contribution in [0.5, 0.6) is 0 Å². The molecule has 9 heteroatoms. The maximum absolute atomic E-state index is 12.1. The van der Waals surface area contributed by atoms with E-state index in [0.717, 1.165) is 32.7 Å². The minimum Gasteiger partial charge on any atom is -0.351 e. The van der Waals surface area contributed by atoms with E-state index in [1.807, 2.05) is 0 Å². The molecule has 0 radical (unpaired) electrons. The molecule has 0 aromatic heterocycles. The molecule has 2 rings (SSSR count). The van der Waals surface area contributed by atoms with Gasteiger partial charge in [-0.15, -0.1) is 12.4 Å². The van der Waals surface area contributed by atoms with Crippen LogP contribution in [0.2, 0.25) is 5.02 Å². The highest BCUT2D eigenvalue weighted by Gasteiger charge is 2.23. The maximum Gasteiger partial charge on any atom is 0.300 e. The summed E-state index contributed by atoms with van der Waals surface area (Å²) in [7, 11) is 0. The van der Waals surface area contributed by atoms with Crippen molar-refractivity contribution in [1.82, 2.24) is 15.5 Å². The summed E-state index contributed by atoms with van der Waals surface area (Å²) in [4.78, 5) is 24.6. The number of carbonyl (C=O) groups is 1. The summed E-state index contributed by atoms with van der Waals surface area (Å²) in [6.07, 6.45) is 0. The fourth-order valence-corrected chi connectivity index (χ4v) is 2.49. The van der Waals surface area contributed by atoms with E-state index in [0.29, 0.717) is 6.54 Å². The highest BCUT2D eigenvalue weighted by atomic mass is 35.5. The van der Waals surface area contributed by atoms with E-state index in [9.17, 15) is 14.9 Å². The number of para-hydroxylation sites is 1. The lowest BCUT2D eigenvalue weighted by Crippen LogP contribution is -2.46. The zero-order valence-electron chi connectivity index (χ0n) is 11.9. The Morgan fingerprint density at radius 3 is 2.73 bits per heavy atom. The number of amides is 1. The first-order chi connectivity index (χ1) is 10.1. The Morgan fingerprint density at radius 2 is 2.09 bits per heavy atom. The highest BCUT2D eigenvalue weighted by molar-refractivity contribution is 6.33. The van der Waals surface area contributed by atoms with Crippen molar-refractivity contribution in [2.24, 2.45) is 0 Å². The molecule has 1 aromatic carbocycles. The number of hydrogen-bond donors (Lipinski definition) is 2. The smallest absolute Gasteiger partial charge is 0.300 e. The molecule has 1 aromatic rings. The minimum atomic E-state index is -0.631. The van der Waals surface area contributed by atoms with Gasteiger partial charge in [0.2, 0.25) is 0 Å². The van der Waals surface area contributed by atoms with Crippen LogP contribution in [-0.4, -0.2) is 55.0 Å². The molecule has 22 heavy (non-hydrogen) atoms. The van der Waals surface area contributed by atoms with Gasteiger partial charge in [0.05, 0.1) is 4.92 Å². The number of nitro benzene ring substituents is 1. The lowest BCUT2D eigenvalue weighted by molar-refractivity contribution is -0.385. The summed E-state index contributed by atoms with van der Waals surface area (Å²) < 4.78 is 0. The van der Waals surface area contributed by atoms with Crippen LogP contribution in [-0.2, 0) is 0 Å². The summed E-state index contributed by atoms with van der Waals surface area (Å²) in [5.74, 6) is -0.473. The van der Waals surface area contributed by atoms with Gasteiger partial charge in [0, 0.05) is 39.3 Å². The Labute approximate surface area is 139 Å². The van der Waals surface area contributed by atoms with Gasteiger partial charge in [0.15, 0.2) is 0 Å². The first kappa shape index (κ1) is 18.6. The Morgan fingerprint density at radius 1 is 1.41 bits per heavy atom. The third kappa shape index (κ3) is 4.81. The topological polar surface area (TPSA) is 87.5 Å². The van der Waals surface area contributed by atoms with E-state index in [1.54, 1.807) is 0 Å². The van der Waals surface area contributed by atoms with Gasteiger partial charge in [-0.1, -0.05) is 17.7 Å². The quantitative estimate of drug-likeness (QED) is 0.618. The first-order valence-electron chi connectivity index (χ1n) is 6.74. The van der Waals surface area contributed by atoms with Crippen LogP contribution in [0.15, 0.2) is 18.2 Å². The Hall–Kier alpha value is -1.41. The number of piperazine rings is 1.